The molecule has 0 N–H and O–H groups in total. The molecule has 0 aliphatic rings. The highest BCUT2D eigenvalue weighted by Crippen LogP contribution is 1.99. The highest BCUT2D eigenvalue weighted by atomic mass is 16.1. The Bertz CT molecular complexity index is 317. The third-order valence-electron chi connectivity index (χ3n) is 1.68. The number of amides is 1. The van der Waals surface area contributed by atoms with E-state index in [1.807, 2.05) is 37.2 Å². The van der Waals surface area contributed by atoms with E-state index in [1.54, 1.807) is 18.3 Å². The molecule has 1 aromatic rings. The summed E-state index contributed by atoms with van der Waals surface area (Å²) in [6.07, 6.45) is 1.62. The summed E-state index contributed by atoms with van der Waals surface area (Å²) >= 11 is 0. The second kappa shape index (κ2) is 5.29. The summed E-state index contributed by atoms with van der Waals surface area (Å²) in [5, 5.41) is 0. The first-order valence-corrected chi connectivity index (χ1v) is 4.47. The van der Waals surface area contributed by atoms with E-state index in [2.05, 4.69) is 4.99 Å². The Labute approximate surface area is 84.1 Å². The van der Waals surface area contributed by atoms with Crippen molar-refractivity contribution in [3.8, 4) is 0 Å². The van der Waals surface area contributed by atoms with E-state index in [-0.39, 0.29) is 5.91 Å². The summed E-state index contributed by atoms with van der Waals surface area (Å²) in [6.45, 7) is 0.679. The molecule has 0 spiro atoms. The van der Waals surface area contributed by atoms with Gasteiger partial charge in [-0.05, 0) is 26.2 Å². The minimum absolute atomic E-state index is 0.188. The molecule has 1 aromatic carbocycles. The quantitative estimate of drug-likeness (QED) is 0.676. The van der Waals surface area contributed by atoms with Crippen molar-refractivity contribution in [3.63, 3.8) is 0 Å². The fourth-order valence-corrected chi connectivity index (χ4v) is 0.942. The predicted molar refractivity (Wildman–Crippen MR) is 57.8 cm³/mol. The van der Waals surface area contributed by atoms with Gasteiger partial charge in [-0.25, -0.2) is 4.99 Å². The molecule has 74 valence electrons. The van der Waals surface area contributed by atoms with Gasteiger partial charge in [-0.1, -0.05) is 18.2 Å². The zero-order valence-electron chi connectivity index (χ0n) is 8.47. The number of hydrogen-bond donors (Lipinski definition) is 0. The molecular formula is C11H14N2O. The topological polar surface area (TPSA) is 32.7 Å². The van der Waals surface area contributed by atoms with E-state index < -0.39 is 0 Å². The largest absolute Gasteiger partial charge is 0.304 e. The summed E-state index contributed by atoms with van der Waals surface area (Å²) < 4.78 is 0. The van der Waals surface area contributed by atoms with Crippen LogP contribution in [0.5, 0.6) is 0 Å². The minimum atomic E-state index is -0.188. The van der Waals surface area contributed by atoms with Gasteiger partial charge in [0.15, 0.2) is 0 Å². The van der Waals surface area contributed by atoms with E-state index in [1.165, 1.54) is 0 Å². The number of rotatable bonds is 3. The first kappa shape index (κ1) is 10.6. The van der Waals surface area contributed by atoms with Crippen LogP contribution in [-0.4, -0.2) is 37.7 Å². The monoisotopic (exact) mass is 190 g/mol. The summed E-state index contributed by atoms with van der Waals surface area (Å²) in [4.78, 5) is 17.2. The van der Waals surface area contributed by atoms with Crippen molar-refractivity contribution in [2.45, 2.75) is 0 Å². The van der Waals surface area contributed by atoms with Gasteiger partial charge in [0.2, 0.25) is 0 Å². The maximum Gasteiger partial charge on any atom is 0.276 e. The van der Waals surface area contributed by atoms with E-state index >= 15 is 0 Å². The maximum absolute atomic E-state index is 11.4. The van der Waals surface area contributed by atoms with Crippen LogP contribution >= 0.6 is 0 Å². The van der Waals surface area contributed by atoms with Crippen molar-refractivity contribution in [3.05, 3.63) is 35.9 Å². The molecule has 0 aromatic heterocycles. The molecule has 0 radical (unpaired) electrons. The number of nitrogens with zero attached hydrogens (tertiary/aromatic N) is 2. The van der Waals surface area contributed by atoms with Crippen molar-refractivity contribution in [2.75, 3.05) is 20.6 Å². The van der Waals surface area contributed by atoms with Gasteiger partial charge in [-0.3, -0.25) is 4.79 Å². The zero-order chi connectivity index (χ0) is 10.4. The molecule has 0 heterocycles. The fourth-order valence-electron chi connectivity index (χ4n) is 0.942. The van der Waals surface area contributed by atoms with Gasteiger partial charge in [0.25, 0.3) is 5.91 Å². The van der Waals surface area contributed by atoms with E-state index in [0.29, 0.717) is 12.1 Å². The molecule has 3 nitrogen and oxygen atoms in total. The van der Waals surface area contributed by atoms with Gasteiger partial charge in [-0.2, -0.15) is 0 Å². The van der Waals surface area contributed by atoms with Crippen molar-refractivity contribution in [1.29, 1.82) is 0 Å². The number of benzene rings is 1. The van der Waals surface area contributed by atoms with Crippen molar-refractivity contribution in [2.24, 2.45) is 4.99 Å². The predicted octanol–water partition coefficient (Wildman–Crippen LogP) is 1.46. The molecule has 3 heteroatoms. The van der Waals surface area contributed by atoms with Gasteiger partial charge in [-0.15, -0.1) is 0 Å². The van der Waals surface area contributed by atoms with Crippen LogP contribution in [0, 0.1) is 0 Å². The van der Waals surface area contributed by atoms with Crippen LogP contribution in [0.4, 0.5) is 0 Å². The lowest BCUT2D eigenvalue weighted by molar-refractivity contribution is 0.100. The van der Waals surface area contributed by atoms with Crippen LogP contribution in [0.15, 0.2) is 35.3 Å². The van der Waals surface area contributed by atoms with Crippen LogP contribution in [0.3, 0.4) is 0 Å². The molecule has 0 unspecified atom stereocenters. The van der Waals surface area contributed by atoms with E-state index in [4.69, 9.17) is 0 Å². The Kier molecular flexibility index (Phi) is 4.01. The van der Waals surface area contributed by atoms with Crippen LogP contribution < -0.4 is 0 Å². The SMILES string of the molecule is CN(C)C/C=N/C(=O)c1ccccc1. The number of aliphatic imine (C=N–C) groups is 1. The third kappa shape index (κ3) is 3.49. The van der Waals surface area contributed by atoms with E-state index in [9.17, 15) is 4.79 Å². The summed E-state index contributed by atoms with van der Waals surface area (Å²) in [5.41, 5.74) is 0.627. The molecule has 0 atom stereocenters. The van der Waals surface area contributed by atoms with Crippen molar-refractivity contribution in [1.82, 2.24) is 4.90 Å². The summed E-state index contributed by atoms with van der Waals surface area (Å²) in [5.74, 6) is -0.188. The van der Waals surface area contributed by atoms with E-state index in [0.717, 1.165) is 0 Å². The fraction of sp³-hybridized carbons (Fsp3) is 0.273. The first-order valence-electron chi connectivity index (χ1n) is 4.47. The highest BCUT2D eigenvalue weighted by Gasteiger charge is 1.99. The van der Waals surface area contributed by atoms with Gasteiger partial charge in [0, 0.05) is 18.3 Å². The normalized spacial score (nSPS) is 11.1. The average molecular weight is 190 g/mol. The molecule has 1 amide bonds. The Morgan fingerprint density at radius 3 is 2.57 bits per heavy atom. The van der Waals surface area contributed by atoms with Crippen LogP contribution in [-0.2, 0) is 0 Å². The lowest BCUT2D eigenvalue weighted by Gasteiger charge is -2.02. The lowest BCUT2D eigenvalue weighted by Crippen LogP contribution is -2.14. The second-order valence-electron chi connectivity index (χ2n) is 3.25. The molecule has 0 aliphatic carbocycles. The molecule has 0 saturated carbocycles. The molecule has 0 aliphatic heterocycles. The Morgan fingerprint density at radius 1 is 1.36 bits per heavy atom. The minimum Gasteiger partial charge on any atom is -0.304 e. The highest BCUT2D eigenvalue weighted by molar-refractivity contribution is 5.99. The van der Waals surface area contributed by atoms with Crippen LogP contribution in [0.2, 0.25) is 0 Å². The number of carbonyl (C=O) groups is 1. The average Bonchev–Trinajstić information content (AvgIpc) is 2.18. The molecular weight excluding hydrogens is 176 g/mol. The Hall–Kier alpha value is -1.48. The Morgan fingerprint density at radius 2 is 2.00 bits per heavy atom. The van der Waals surface area contributed by atoms with Gasteiger partial charge in [0.1, 0.15) is 0 Å². The summed E-state index contributed by atoms with van der Waals surface area (Å²) in [7, 11) is 3.86. The van der Waals surface area contributed by atoms with Crippen LogP contribution in [0.1, 0.15) is 10.4 Å². The Balaban J connectivity index is 2.55. The number of carbonyl (C=O) groups excluding carboxylic acids is 1. The smallest absolute Gasteiger partial charge is 0.276 e. The lowest BCUT2D eigenvalue weighted by atomic mass is 10.2. The maximum atomic E-state index is 11.4. The molecule has 14 heavy (non-hydrogen) atoms. The van der Waals surface area contributed by atoms with Crippen LogP contribution in [0.25, 0.3) is 0 Å². The molecule has 0 bridgehead atoms. The summed E-state index contributed by atoms with van der Waals surface area (Å²) in [6, 6.07) is 9.05. The standard InChI is InChI=1S/C11H14N2O/c1-13(2)9-8-12-11(14)10-6-4-3-5-7-10/h3-8H,9H2,1-2H3/b12-8+. The zero-order valence-corrected chi connectivity index (χ0v) is 8.47. The van der Waals surface area contributed by atoms with Gasteiger partial charge < -0.3 is 4.90 Å². The molecule has 0 fully saturated rings. The number of hydrogen-bond acceptors (Lipinski definition) is 2. The van der Waals surface area contributed by atoms with Crippen molar-refractivity contribution >= 4 is 12.1 Å². The second-order valence-corrected chi connectivity index (χ2v) is 3.25. The molecule has 0 saturated heterocycles. The molecule has 1 rings (SSSR count). The third-order valence-corrected chi connectivity index (χ3v) is 1.68. The first-order chi connectivity index (χ1) is 6.70. The van der Waals surface area contributed by atoms with Gasteiger partial charge >= 0.3 is 0 Å². The van der Waals surface area contributed by atoms with Gasteiger partial charge in [0.05, 0.1) is 0 Å². The van der Waals surface area contributed by atoms with Crippen molar-refractivity contribution < 1.29 is 4.79 Å².